The molecule has 0 bridgehead atoms. The van der Waals surface area contributed by atoms with Gasteiger partial charge in [0.2, 0.25) is 0 Å². The molecule has 1 atom stereocenters. The van der Waals surface area contributed by atoms with Crippen molar-refractivity contribution in [1.29, 1.82) is 0 Å². The Morgan fingerprint density at radius 2 is 1.94 bits per heavy atom. The minimum absolute atomic E-state index is 0.667. The maximum atomic E-state index is 3.61. The largest absolute Gasteiger partial charge is 0.313 e. The molecule has 4 heteroatoms. The van der Waals surface area contributed by atoms with Crippen molar-refractivity contribution in [1.82, 2.24) is 15.1 Å². The second kappa shape index (κ2) is 8.34. The third kappa shape index (κ3) is 6.09. The first kappa shape index (κ1) is 14.3. The van der Waals surface area contributed by atoms with E-state index in [2.05, 4.69) is 35.3 Å². The highest BCUT2D eigenvalue weighted by Crippen LogP contribution is 2.00. The summed E-state index contributed by atoms with van der Waals surface area (Å²) in [5.74, 6) is 1.27. The Balaban J connectivity index is 1.98. The molecule has 0 radical (unpaired) electrons. The van der Waals surface area contributed by atoms with E-state index in [1.807, 2.05) is 11.8 Å². The zero-order chi connectivity index (χ0) is 11.8. The van der Waals surface area contributed by atoms with E-state index in [0.29, 0.717) is 6.04 Å². The first-order valence-corrected chi connectivity index (χ1v) is 7.75. The number of thioether (sulfide) groups is 1. The van der Waals surface area contributed by atoms with Crippen LogP contribution in [0.3, 0.4) is 0 Å². The van der Waals surface area contributed by atoms with E-state index in [-0.39, 0.29) is 0 Å². The van der Waals surface area contributed by atoms with Crippen LogP contribution < -0.4 is 5.32 Å². The van der Waals surface area contributed by atoms with E-state index in [1.165, 1.54) is 44.9 Å². The molecule has 1 aliphatic rings. The molecule has 1 rings (SSSR count). The quantitative estimate of drug-likeness (QED) is 0.720. The Bertz CT molecular complexity index is 170. The van der Waals surface area contributed by atoms with Crippen LogP contribution >= 0.6 is 11.8 Å². The van der Waals surface area contributed by atoms with Gasteiger partial charge in [-0.05, 0) is 32.4 Å². The molecular weight excluding hydrogens is 218 g/mol. The van der Waals surface area contributed by atoms with Crippen LogP contribution in [0.5, 0.6) is 0 Å². The van der Waals surface area contributed by atoms with Crippen molar-refractivity contribution in [2.75, 3.05) is 58.3 Å². The van der Waals surface area contributed by atoms with Crippen molar-refractivity contribution < 1.29 is 0 Å². The van der Waals surface area contributed by atoms with Crippen LogP contribution in [-0.4, -0.2) is 74.2 Å². The van der Waals surface area contributed by atoms with E-state index < -0.39 is 0 Å². The van der Waals surface area contributed by atoms with E-state index >= 15 is 0 Å². The molecule has 0 amide bonds. The van der Waals surface area contributed by atoms with Gasteiger partial charge in [0.15, 0.2) is 0 Å². The molecule has 3 nitrogen and oxygen atoms in total. The number of piperazine rings is 1. The van der Waals surface area contributed by atoms with Gasteiger partial charge in [0, 0.05) is 45.3 Å². The Morgan fingerprint density at radius 1 is 1.25 bits per heavy atom. The van der Waals surface area contributed by atoms with Crippen LogP contribution in [0.1, 0.15) is 13.3 Å². The van der Waals surface area contributed by atoms with Gasteiger partial charge >= 0.3 is 0 Å². The molecule has 0 saturated carbocycles. The Hall–Kier alpha value is 0.230. The molecule has 0 aliphatic carbocycles. The van der Waals surface area contributed by atoms with Crippen LogP contribution in [0.25, 0.3) is 0 Å². The van der Waals surface area contributed by atoms with Crippen LogP contribution in [0.4, 0.5) is 0 Å². The second-order valence-electron chi connectivity index (χ2n) is 4.78. The maximum absolute atomic E-state index is 3.61. The predicted octanol–water partition coefficient (Wildman–Crippen LogP) is 0.965. The van der Waals surface area contributed by atoms with E-state index in [1.54, 1.807) is 0 Å². The van der Waals surface area contributed by atoms with Crippen molar-refractivity contribution in [3.05, 3.63) is 0 Å². The zero-order valence-corrected chi connectivity index (χ0v) is 11.9. The summed E-state index contributed by atoms with van der Waals surface area (Å²) in [6, 6.07) is 0.667. The summed E-state index contributed by atoms with van der Waals surface area (Å²) in [4.78, 5) is 4.97. The van der Waals surface area contributed by atoms with E-state index in [9.17, 15) is 0 Å². The van der Waals surface area contributed by atoms with Crippen molar-refractivity contribution >= 4 is 11.8 Å². The van der Waals surface area contributed by atoms with Crippen molar-refractivity contribution in [3.63, 3.8) is 0 Å². The lowest BCUT2D eigenvalue weighted by atomic mass is 10.2. The molecule has 1 saturated heterocycles. The summed E-state index contributed by atoms with van der Waals surface area (Å²) in [6.45, 7) is 9.55. The SMILES string of the molecule is CSCCC(C)NCCN1CCN(C)CC1. The molecule has 1 fully saturated rings. The highest BCUT2D eigenvalue weighted by Gasteiger charge is 2.12. The number of rotatable bonds is 7. The fourth-order valence-corrected chi connectivity index (χ4v) is 2.53. The average Bonchev–Trinajstić information content (AvgIpc) is 2.29. The van der Waals surface area contributed by atoms with Gasteiger partial charge in [-0.1, -0.05) is 0 Å². The van der Waals surface area contributed by atoms with Crippen molar-refractivity contribution in [3.8, 4) is 0 Å². The van der Waals surface area contributed by atoms with Crippen LogP contribution in [-0.2, 0) is 0 Å². The lowest BCUT2D eigenvalue weighted by Gasteiger charge is -2.32. The molecular formula is C12H27N3S. The molecule has 0 aromatic heterocycles. The summed E-state index contributed by atoms with van der Waals surface area (Å²) in [6.07, 6.45) is 3.46. The van der Waals surface area contributed by atoms with Gasteiger partial charge < -0.3 is 10.2 Å². The van der Waals surface area contributed by atoms with Gasteiger partial charge in [-0.3, -0.25) is 4.90 Å². The minimum atomic E-state index is 0.667. The summed E-state index contributed by atoms with van der Waals surface area (Å²) in [7, 11) is 2.21. The van der Waals surface area contributed by atoms with Crippen molar-refractivity contribution in [2.45, 2.75) is 19.4 Å². The summed E-state index contributed by atoms with van der Waals surface area (Å²) >= 11 is 1.94. The Kier molecular flexibility index (Phi) is 7.45. The van der Waals surface area contributed by atoms with E-state index in [4.69, 9.17) is 0 Å². The topological polar surface area (TPSA) is 18.5 Å². The molecule has 0 aromatic carbocycles. The number of likely N-dealkylation sites (N-methyl/N-ethyl adjacent to an activating group) is 1. The van der Waals surface area contributed by atoms with Crippen LogP contribution in [0.15, 0.2) is 0 Å². The number of nitrogens with zero attached hydrogens (tertiary/aromatic N) is 2. The zero-order valence-electron chi connectivity index (χ0n) is 11.0. The third-order valence-corrected chi connectivity index (χ3v) is 3.92. The van der Waals surface area contributed by atoms with Gasteiger partial charge in [-0.25, -0.2) is 0 Å². The number of hydrogen-bond donors (Lipinski definition) is 1. The third-order valence-electron chi connectivity index (χ3n) is 3.27. The van der Waals surface area contributed by atoms with Gasteiger partial charge in [0.1, 0.15) is 0 Å². The molecule has 1 heterocycles. The van der Waals surface area contributed by atoms with Gasteiger partial charge in [0.05, 0.1) is 0 Å². The maximum Gasteiger partial charge on any atom is 0.0110 e. The van der Waals surface area contributed by atoms with Crippen LogP contribution in [0.2, 0.25) is 0 Å². The highest BCUT2D eigenvalue weighted by atomic mass is 32.2. The van der Waals surface area contributed by atoms with Gasteiger partial charge in [-0.15, -0.1) is 0 Å². The normalized spacial score (nSPS) is 21.2. The summed E-state index contributed by atoms with van der Waals surface area (Å²) in [5.41, 5.74) is 0. The molecule has 0 spiro atoms. The summed E-state index contributed by atoms with van der Waals surface area (Å²) < 4.78 is 0. The summed E-state index contributed by atoms with van der Waals surface area (Å²) in [5, 5.41) is 3.61. The molecule has 1 aliphatic heterocycles. The molecule has 1 unspecified atom stereocenters. The number of nitrogens with one attached hydrogen (secondary N) is 1. The lowest BCUT2D eigenvalue weighted by molar-refractivity contribution is 0.154. The number of hydrogen-bond acceptors (Lipinski definition) is 4. The second-order valence-corrected chi connectivity index (χ2v) is 5.77. The molecule has 16 heavy (non-hydrogen) atoms. The molecule has 0 aromatic rings. The average molecular weight is 245 g/mol. The van der Waals surface area contributed by atoms with Gasteiger partial charge in [-0.2, -0.15) is 11.8 Å². The molecule has 96 valence electrons. The molecule has 1 N–H and O–H groups in total. The smallest absolute Gasteiger partial charge is 0.0110 e. The van der Waals surface area contributed by atoms with E-state index in [0.717, 1.165) is 6.54 Å². The minimum Gasteiger partial charge on any atom is -0.313 e. The first-order valence-electron chi connectivity index (χ1n) is 6.35. The Morgan fingerprint density at radius 3 is 2.56 bits per heavy atom. The fourth-order valence-electron chi connectivity index (χ4n) is 1.94. The predicted molar refractivity (Wildman–Crippen MR) is 74.4 cm³/mol. The highest BCUT2D eigenvalue weighted by molar-refractivity contribution is 7.98. The first-order chi connectivity index (χ1) is 7.72. The Labute approximate surface area is 105 Å². The monoisotopic (exact) mass is 245 g/mol. The standard InChI is InChI=1S/C12H27N3S/c1-12(4-11-16-3)13-5-6-15-9-7-14(2)8-10-15/h12-13H,4-11H2,1-3H3. The van der Waals surface area contributed by atoms with Crippen LogP contribution in [0, 0.1) is 0 Å². The fraction of sp³-hybridized carbons (Fsp3) is 1.00. The van der Waals surface area contributed by atoms with Gasteiger partial charge in [0.25, 0.3) is 0 Å². The lowest BCUT2D eigenvalue weighted by Crippen LogP contribution is -2.47. The van der Waals surface area contributed by atoms with Crippen molar-refractivity contribution in [2.24, 2.45) is 0 Å².